The number of benzene rings is 1. The quantitative estimate of drug-likeness (QED) is 0.805. The van der Waals surface area contributed by atoms with Crippen LogP contribution < -0.4 is 11.1 Å². The normalized spacial score (nSPS) is 11.7. The van der Waals surface area contributed by atoms with Gasteiger partial charge in [-0.25, -0.2) is 4.39 Å². The van der Waals surface area contributed by atoms with E-state index in [2.05, 4.69) is 5.32 Å². The first kappa shape index (κ1) is 14.0. The fraction of sp³-hybridized carbons (Fsp3) is 0.333. The van der Waals surface area contributed by atoms with Gasteiger partial charge in [-0.15, -0.1) is 0 Å². The van der Waals surface area contributed by atoms with Crippen LogP contribution in [0.2, 0.25) is 0 Å². The molecule has 3 N–H and O–H groups in total. The van der Waals surface area contributed by atoms with Crippen molar-refractivity contribution in [2.75, 3.05) is 19.4 Å². The van der Waals surface area contributed by atoms with Gasteiger partial charge in [-0.05, 0) is 12.1 Å². The van der Waals surface area contributed by atoms with Crippen LogP contribution in [0.3, 0.4) is 0 Å². The second kappa shape index (κ2) is 6.00. The maximum Gasteiger partial charge on any atom is 0.240 e. The molecule has 0 saturated carbocycles. The van der Waals surface area contributed by atoms with Crippen LogP contribution in [-0.4, -0.2) is 36.9 Å². The number of hydrogen-bond donors (Lipinski definition) is 2. The Morgan fingerprint density at radius 1 is 1.39 bits per heavy atom. The Morgan fingerprint density at radius 3 is 2.50 bits per heavy atom. The molecule has 0 aromatic heterocycles. The highest BCUT2D eigenvalue weighted by Crippen LogP contribution is 2.14. The summed E-state index contributed by atoms with van der Waals surface area (Å²) in [6.45, 7) is 0. The molecule has 2 amide bonds. The van der Waals surface area contributed by atoms with Gasteiger partial charge in [-0.2, -0.15) is 0 Å². The van der Waals surface area contributed by atoms with Gasteiger partial charge in [0.1, 0.15) is 11.9 Å². The maximum absolute atomic E-state index is 13.4. The van der Waals surface area contributed by atoms with Gasteiger partial charge in [-0.1, -0.05) is 12.1 Å². The molecule has 0 aliphatic rings. The molecular formula is C12H16FN3O2. The summed E-state index contributed by atoms with van der Waals surface area (Å²) in [6.07, 6.45) is -0.114. The largest absolute Gasteiger partial charge is 0.371 e. The van der Waals surface area contributed by atoms with Crippen molar-refractivity contribution in [3.8, 4) is 0 Å². The molecule has 5 nitrogen and oxygen atoms in total. The highest BCUT2D eigenvalue weighted by Gasteiger charge is 2.21. The Hall–Kier alpha value is -2.11. The van der Waals surface area contributed by atoms with E-state index in [4.69, 9.17) is 5.73 Å². The zero-order valence-electron chi connectivity index (χ0n) is 10.3. The lowest BCUT2D eigenvalue weighted by Crippen LogP contribution is -2.40. The fourth-order valence-electron chi connectivity index (χ4n) is 1.35. The number of amides is 2. The van der Waals surface area contributed by atoms with Crippen molar-refractivity contribution < 1.29 is 14.0 Å². The topological polar surface area (TPSA) is 75.4 Å². The number of hydrogen-bond acceptors (Lipinski definition) is 3. The molecule has 0 heterocycles. The predicted octanol–water partition coefficient (Wildman–Crippen LogP) is 0.570. The van der Waals surface area contributed by atoms with Gasteiger partial charge in [0, 0.05) is 14.1 Å². The highest BCUT2D eigenvalue weighted by molar-refractivity contribution is 5.89. The number of rotatable bonds is 5. The standard InChI is InChI=1S/C12H16FN3O2/c1-16(2)11(17)7-10(12(14)18)15-9-6-4-3-5-8(9)13/h3-6,10,15H,7H2,1-2H3,(H2,14,18). The molecule has 1 aromatic carbocycles. The predicted molar refractivity (Wildman–Crippen MR) is 66.3 cm³/mol. The van der Waals surface area contributed by atoms with Gasteiger partial charge in [0.05, 0.1) is 12.1 Å². The van der Waals surface area contributed by atoms with Crippen LogP contribution in [-0.2, 0) is 9.59 Å². The van der Waals surface area contributed by atoms with Crippen LogP contribution in [0.15, 0.2) is 24.3 Å². The molecule has 6 heteroatoms. The van der Waals surface area contributed by atoms with Crippen LogP contribution in [0.4, 0.5) is 10.1 Å². The second-order valence-electron chi connectivity index (χ2n) is 4.07. The summed E-state index contributed by atoms with van der Waals surface area (Å²) >= 11 is 0. The van der Waals surface area contributed by atoms with E-state index in [-0.39, 0.29) is 18.0 Å². The van der Waals surface area contributed by atoms with Crippen molar-refractivity contribution in [1.82, 2.24) is 4.90 Å². The summed E-state index contributed by atoms with van der Waals surface area (Å²) in [4.78, 5) is 24.1. The molecule has 1 rings (SSSR count). The van der Waals surface area contributed by atoms with E-state index >= 15 is 0 Å². The van der Waals surface area contributed by atoms with Crippen molar-refractivity contribution in [2.45, 2.75) is 12.5 Å². The molecular weight excluding hydrogens is 237 g/mol. The molecule has 0 spiro atoms. The lowest BCUT2D eigenvalue weighted by molar-refractivity contribution is -0.131. The number of nitrogens with one attached hydrogen (secondary N) is 1. The summed E-state index contributed by atoms with van der Waals surface area (Å²) < 4.78 is 13.4. The second-order valence-corrected chi connectivity index (χ2v) is 4.07. The van der Waals surface area contributed by atoms with E-state index in [0.29, 0.717) is 0 Å². The minimum Gasteiger partial charge on any atom is -0.371 e. The average Bonchev–Trinajstić information content (AvgIpc) is 2.30. The van der Waals surface area contributed by atoms with Crippen molar-refractivity contribution >= 4 is 17.5 Å². The van der Waals surface area contributed by atoms with Crippen molar-refractivity contribution in [2.24, 2.45) is 5.73 Å². The third-order valence-electron chi connectivity index (χ3n) is 2.42. The number of primary amides is 1. The van der Waals surface area contributed by atoms with Crippen LogP contribution in [0.25, 0.3) is 0 Å². The smallest absolute Gasteiger partial charge is 0.240 e. The lowest BCUT2D eigenvalue weighted by atomic mass is 10.1. The van der Waals surface area contributed by atoms with Gasteiger partial charge in [0.15, 0.2) is 0 Å². The van der Waals surface area contributed by atoms with Crippen molar-refractivity contribution in [3.05, 3.63) is 30.1 Å². The van der Waals surface area contributed by atoms with Crippen LogP contribution in [0.5, 0.6) is 0 Å². The van der Waals surface area contributed by atoms with E-state index in [1.54, 1.807) is 20.2 Å². The number of nitrogens with zero attached hydrogens (tertiary/aromatic N) is 1. The first-order valence-corrected chi connectivity index (χ1v) is 5.42. The zero-order valence-corrected chi connectivity index (χ0v) is 10.3. The average molecular weight is 253 g/mol. The Kier molecular flexibility index (Phi) is 4.65. The Morgan fingerprint density at radius 2 is 2.00 bits per heavy atom. The molecule has 0 bridgehead atoms. The van der Waals surface area contributed by atoms with E-state index in [9.17, 15) is 14.0 Å². The summed E-state index contributed by atoms with van der Waals surface area (Å²) in [6, 6.07) is 4.96. The number of nitrogens with two attached hydrogens (primary N) is 1. The summed E-state index contributed by atoms with van der Waals surface area (Å²) in [5.74, 6) is -1.46. The van der Waals surface area contributed by atoms with Gasteiger partial charge < -0.3 is 16.0 Å². The van der Waals surface area contributed by atoms with Gasteiger partial charge in [0.2, 0.25) is 11.8 Å². The molecule has 1 atom stereocenters. The van der Waals surface area contributed by atoms with Crippen LogP contribution in [0, 0.1) is 5.82 Å². The molecule has 98 valence electrons. The minimum absolute atomic E-state index is 0.114. The van der Waals surface area contributed by atoms with Crippen LogP contribution >= 0.6 is 0 Å². The van der Waals surface area contributed by atoms with Gasteiger partial charge in [-0.3, -0.25) is 9.59 Å². The van der Waals surface area contributed by atoms with Gasteiger partial charge >= 0.3 is 0 Å². The number of carbonyl (C=O) groups excluding carboxylic acids is 2. The van der Waals surface area contributed by atoms with Crippen LogP contribution in [0.1, 0.15) is 6.42 Å². The number of carbonyl (C=O) groups is 2. The van der Waals surface area contributed by atoms with E-state index in [1.165, 1.54) is 23.1 Å². The van der Waals surface area contributed by atoms with E-state index < -0.39 is 17.8 Å². The molecule has 1 aromatic rings. The zero-order chi connectivity index (χ0) is 13.7. The third kappa shape index (κ3) is 3.73. The summed E-state index contributed by atoms with van der Waals surface area (Å²) in [5.41, 5.74) is 5.33. The highest BCUT2D eigenvalue weighted by atomic mass is 19.1. The molecule has 0 saturated heterocycles. The summed E-state index contributed by atoms with van der Waals surface area (Å²) in [5, 5.41) is 2.64. The van der Waals surface area contributed by atoms with E-state index in [1.807, 2.05) is 0 Å². The monoisotopic (exact) mass is 253 g/mol. The molecule has 18 heavy (non-hydrogen) atoms. The fourth-order valence-corrected chi connectivity index (χ4v) is 1.35. The SMILES string of the molecule is CN(C)C(=O)CC(Nc1ccccc1F)C(N)=O. The van der Waals surface area contributed by atoms with Gasteiger partial charge in [0.25, 0.3) is 0 Å². The first-order chi connectivity index (χ1) is 8.41. The maximum atomic E-state index is 13.4. The molecule has 0 aliphatic heterocycles. The molecule has 0 radical (unpaired) electrons. The number of halogens is 1. The summed E-state index contributed by atoms with van der Waals surface area (Å²) in [7, 11) is 3.15. The molecule has 0 aliphatic carbocycles. The number of anilines is 1. The Bertz CT molecular complexity index is 449. The third-order valence-corrected chi connectivity index (χ3v) is 2.42. The lowest BCUT2D eigenvalue weighted by Gasteiger charge is -2.18. The molecule has 1 unspecified atom stereocenters. The van der Waals surface area contributed by atoms with Crippen molar-refractivity contribution in [1.29, 1.82) is 0 Å². The Balaban J connectivity index is 2.79. The van der Waals surface area contributed by atoms with E-state index in [0.717, 1.165) is 0 Å². The molecule has 0 fully saturated rings. The van der Waals surface area contributed by atoms with Crippen molar-refractivity contribution in [3.63, 3.8) is 0 Å². The minimum atomic E-state index is -0.934. The Labute approximate surface area is 105 Å². The first-order valence-electron chi connectivity index (χ1n) is 5.42. The number of para-hydroxylation sites is 1.